The molecule has 0 atom stereocenters. The van der Waals surface area contributed by atoms with Gasteiger partial charge in [-0.05, 0) is 60.3 Å². The van der Waals surface area contributed by atoms with E-state index in [2.05, 4.69) is 45.9 Å². The summed E-state index contributed by atoms with van der Waals surface area (Å²) < 4.78 is 0. The van der Waals surface area contributed by atoms with Gasteiger partial charge in [0.2, 0.25) is 0 Å². The van der Waals surface area contributed by atoms with E-state index in [0.29, 0.717) is 5.41 Å². The first-order chi connectivity index (χ1) is 7.86. The molecule has 17 heavy (non-hydrogen) atoms. The van der Waals surface area contributed by atoms with Crippen molar-refractivity contribution in [1.82, 2.24) is 0 Å². The van der Waals surface area contributed by atoms with Gasteiger partial charge in [0, 0.05) is 0 Å². The van der Waals surface area contributed by atoms with E-state index in [0.717, 1.165) is 6.54 Å². The van der Waals surface area contributed by atoms with Crippen molar-refractivity contribution >= 4 is 0 Å². The van der Waals surface area contributed by atoms with E-state index in [1.165, 1.54) is 36.0 Å². The molecule has 1 aliphatic carbocycles. The maximum absolute atomic E-state index is 5.89. The molecule has 0 aromatic heterocycles. The van der Waals surface area contributed by atoms with Crippen LogP contribution in [0.25, 0.3) is 0 Å². The summed E-state index contributed by atoms with van der Waals surface area (Å²) in [6, 6.07) is 6.93. The Kier molecular flexibility index (Phi) is 3.07. The summed E-state index contributed by atoms with van der Waals surface area (Å²) in [7, 11) is 0. The molecule has 2 rings (SSSR count). The van der Waals surface area contributed by atoms with Crippen molar-refractivity contribution in [3.05, 3.63) is 34.9 Å². The highest BCUT2D eigenvalue weighted by Crippen LogP contribution is 2.47. The Morgan fingerprint density at radius 2 is 1.88 bits per heavy atom. The van der Waals surface area contributed by atoms with Crippen molar-refractivity contribution in [2.75, 3.05) is 6.54 Å². The first-order valence-electron chi connectivity index (χ1n) is 6.66. The van der Waals surface area contributed by atoms with Crippen LogP contribution < -0.4 is 5.73 Å². The van der Waals surface area contributed by atoms with Crippen molar-refractivity contribution in [3.63, 3.8) is 0 Å². The van der Waals surface area contributed by atoms with Gasteiger partial charge in [-0.3, -0.25) is 0 Å². The quantitative estimate of drug-likeness (QED) is 0.845. The second-order valence-electron chi connectivity index (χ2n) is 6.77. The van der Waals surface area contributed by atoms with Gasteiger partial charge >= 0.3 is 0 Å². The van der Waals surface area contributed by atoms with E-state index in [-0.39, 0.29) is 5.41 Å². The Hall–Kier alpha value is -0.820. The molecule has 1 saturated carbocycles. The van der Waals surface area contributed by atoms with E-state index in [1.807, 2.05) is 0 Å². The van der Waals surface area contributed by atoms with Gasteiger partial charge in [0.05, 0.1) is 0 Å². The van der Waals surface area contributed by atoms with Crippen LogP contribution in [0, 0.1) is 12.3 Å². The van der Waals surface area contributed by atoms with Gasteiger partial charge < -0.3 is 5.73 Å². The molecule has 0 amide bonds. The Labute approximate surface area is 105 Å². The monoisotopic (exact) mass is 231 g/mol. The molecule has 0 heterocycles. The van der Waals surface area contributed by atoms with Gasteiger partial charge in [-0.25, -0.2) is 0 Å². The third-order valence-corrected chi connectivity index (χ3v) is 4.17. The number of rotatable bonds is 3. The van der Waals surface area contributed by atoms with Crippen molar-refractivity contribution in [2.45, 2.75) is 52.4 Å². The second kappa shape index (κ2) is 4.13. The zero-order valence-electron chi connectivity index (χ0n) is 11.6. The van der Waals surface area contributed by atoms with Crippen LogP contribution >= 0.6 is 0 Å². The number of nitrogens with two attached hydrogens (primary N) is 1. The van der Waals surface area contributed by atoms with Crippen LogP contribution in [0.1, 0.15) is 50.3 Å². The molecule has 0 aliphatic heterocycles. The molecule has 1 aromatic rings. The molecule has 0 bridgehead atoms. The molecule has 1 nitrogen and oxygen atoms in total. The lowest BCUT2D eigenvalue weighted by atomic mass is 9.83. The topological polar surface area (TPSA) is 26.0 Å². The summed E-state index contributed by atoms with van der Waals surface area (Å²) in [5.74, 6) is 0. The normalized spacial score (nSPS) is 18.2. The van der Waals surface area contributed by atoms with Crippen LogP contribution in [-0.2, 0) is 11.8 Å². The van der Waals surface area contributed by atoms with Gasteiger partial charge in [0.1, 0.15) is 0 Å². The standard InChI is InChI=1S/C16H25N/c1-12-5-6-14(15(2,3)4)9-13(12)10-16(11-17)7-8-16/h5-6,9H,7-8,10-11,17H2,1-4H3. The van der Waals surface area contributed by atoms with Gasteiger partial charge in [-0.1, -0.05) is 39.0 Å². The van der Waals surface area contributed by atoms with Gasteiger partial charge in [-0.15, -0.1) is 0 Å². The Balaban J connectivity index is 2.27. The molecule has 2 N–H and O–H groups in total. The largest absolute Gasteiger partial charge is 0.330 e. The maximum Gasteiger partial charge on any atom is -0.00173 e. The number of hydrogen-bond donors (Lipinski definition) is 1. The van der Waals surface area contributed by atoms with Crippen LogP contribution in [0.15, 0.2) is 18.2 Å². The smallest absolute Gasteiger partial charge is 0.00173 e. The number of aryl methyl sites for hydroxylation is 1. The lowest BCUT2D eigenvalue weighted by Gasteiger charge is -2.22. The lowest BCUT2D eigenvalue weighted by Crippen LogP contribution is -2.19. The predicted octanol–water partition coefficient (Wildman–Crippen LogP) is 3.57. The van der Waals surface area contributed by atoms with Gasteiger partial charge in [0.25, 0.3) is 0 Å². The van der Waals surface area contributed by atoms with Gasteiger partial charge in [-0.2, -0.15) is 0 Å². The zero-order chi connectivity index (χ0) is 12.7. The van der Waals surface area contributed by atoms with Crippen molar-refractivity contribution in [2.24, 2.45) is 11.1 Å². The van der Waals surface area contributed by atoms with E-state index in [1.54, 1.807) is 0 Å². The third kappa shape index (κ3) is 2.71. The molecular formula is C16H25N. The Morgan fingerprint density at radius 1 is 1.24 bits per heavy atom. The average molecular weight is 231 g/mol. The highest BCUT2D eigenvalue weighted by molar-refractivity contribution is 5.35. The van der Waals surface area contributed by atoms with E-state index >= 15 is 0 Å². The third-order valence-electron chi connectivity index (χ3n) is 4.17. The summed E-state index contributed by atoms with van der Waals surface area (Å²) in [4.78, 5) is 0. The summed E-state index contributed by atoms with van der Waals surface area (Å²) in [6.45, 7) is 9.88. The fourth-order valence-electron chi connectivity index (χ4n) is 2.36. The summed E-state index contributed by atoms with van der Waals surface area (Å²) in [6.07, 6.45) is 3.78. The predicted molar refractivity (Wildman–Crippen MR) is 74.3 cm³/mol. The van der Waals surface area contributed by atoms with E-state index in [4.69, 9.17) is 5.73 Å². The molecular weight excluding hydrogens is 206 g/mol. The molecule has 0 saturated heterocycles. The molecule has 1 aliphatic rings. The molecule has 94 valence electrons. The van der Waals surface area contributed by atoms with E-state index in [9.17, 15) is 0 Å². The Morgan fingerprint density at radius 3 is 2.35 bits per heavy atom. The van der Waals surface area contributed by atoms with Crippen molar-refractivity contribution in [3.8, 4) is 0 Å². The van der Waals surface area contributed by atoms with Crippen LogP contribution in [0.4, 0.5) is 0 Å². The highest BCUT2D eigenvalue weighted by Gasteiger charge is 2.41. The summed E-state index contributed by atoms with van der Waals surface area (Å²) in [5, 5.41) is 0. The number of hydrogen-bond acceptors (Lipinski definition) is 1. The molecule has 1 heteroatoms. The minimum Gasteiger partial charge on any atom is -0.330 e. The maximum atomic E-state index is 5.89. The second-order valence-corrected chi connectivity index (χ2v) is 6.77. The molecule has 1 aromatic carbocycles. The van der Waals surface area contributed by atoms with Crippen LogP contribution in [0.5, 0.6) is 0 Å². The first kappa shape index (κ1) is 12.6. The van der Waals surface area contributed by atoms with Crippen LogP contribution in [0.2, 0.25) is 0 Å². The number of benzene rings is 1. The SMILES string of the molecule is Cc1ccc(C(C)(C)C)cc1CC1(CN)CC1. The summed E-state index contributed by atoms with van der Waals surface area (Å²) >= 11 is 0. The minimum absolute atomic E-state index is 0.238. The Bertz CT molecular complexity index is 408. The molecule has 0 radical (unpaired) electrons. The zero-order valence-corrected chi connectivity index (χ0v) is 11.6. The van der Waals surface area contributed by atoms with E-state index < -0.39 is 0 Å². The van der Waals surface area contributed by atoms with Crippen LogP contribution in [0.3, 0.4) is 0 Å². The minimum atomic E-state index is 0.238. The van der Waals surface area contributed by atoms with Gasteiger partial charge in [0.15, 0.2) is 0 Å². The average Bonchev–Trinajstić information content (AvgIpc) is 3.00. The lowest BCUT2D eigenvalue weighted by molar-refractivity contribution is 0.517. The summed E-state index contributed by atoms with van der Waals surface area (Å²) in [5.41, 5.74) is 10.9. The highest BCUT2D eigenvalue weighted by atomic mass is 14.6. The molecule has 0 unspecified atom stereocenters. The molecule has 1 fully saturated rings. The first-order valence-corrected chi connectivity index (χ1v) is 6.66. The fraction of sp³-hybridized carbons (Fsp3) is 0.625. The van der Waals surface area contributed by atoms with Crippen LogP contribution in [-0.4, -0.2) is 6.54 Å². The molecule has 0 spiro atoms. The van der Waals surface area contributed by atoms with Crippen molar-refractivity contribution < 1.29 is 0 Å². The van der Waals surface area contributed by atoms with Crippen molar-refractivity contribution in [1.29, 1.82) is 0 Å². The fourth-order valence-corrected chi connectivity index (χ4v) is 2.36.